The van der Waals surface area contributed by atoms with Gasteiger partial charge in [0.25, 0.3) is 0 Å². The predicted octanol–water partition coefficient (Wildman–Crippen LogP) is 2.62. The van der Waals surface area contributed by atoms with Gasteiger partial charge in [0, 0.05) is 12.4 Å². The Morgan fingerprint density at radius 2 is 1.95 bits per heavy atom. The van der Waals surface area contributed by atoms with Gasteiger partial charge in [0.05, 0.1) is 18.2 Å². The number of Topliss-reactive ketones (excluding diaryl/α,β-unsaturated/α-hetero) is 2. The third-order valence-electron chi connectivity index (χ3n) is 3.14. The minimum absolute atomic E-state index is 0.193. The number of carbonyl (C=O) groups excluding carboxylic acids is 2. The number of carbonyl (C=O) groups is 2. The molecule has 0 bridgehead atoms. The number of ketones is 2. The number of rotatable bonds is 4. The molecule has 20 heavy (non-hydrogen) atoms. The molecule has 3 aromatic rings. The minimum atomic E-state index is -0.338. The van der Waals surface area contributed by atoms with E-state index in [4.69, 9.17) is 4.42 Å². The highest BCUT2D eigenvalue weighted by molar-refractivity contribution is 6.16. The quantitative estimate of drug-likeness (QED) is 0.539. The van der Waals surface area contributed by atoms with Gasteiger partial charge in [-0.25, -0.2) is 0 Å². The van der Waals surface area contributed by atoms with Crippen LogP contribution in [0.2, 0.25) is 0 Å². The number of aromatic nitrogens is 2. The smallest absolute Gasteiger partial charge is 0.205 e. The summed E-state index contributed by atoms with van der Waals surface area (Å²) in [5.41, 5.74) is 1.18. The molecule has 100 valence electrons. The molecular formula is C15H12N2O3. The molecule has 0 aliphatic carbocycles. The molecule has 0 unspecified atom stereocenters. The molecule has 0 atom stereocenters. The lowest BCUT2D eigenvalue weighted by molar-refractivity contribution is 0.0876. The molecule has 0 aliphatic heterocycles. The Morgan fingerprint density at radius 1 is 1.15 bits per heavy atom. The third kappa shape index (κ3) is 2.03. The molecule has 3 rings (SSSR count). The van der Waals surface area contributed by atoms with E-state index in [1.54, 1.807) is 23.9 Å². The molecule has 0 saturated heterocycles. The monoisotopic (exact) mass is 268 g/mol. The van der Waals surface area contributed by atoms with Crippen LogP contribution >= 0.6 is 0 Å². The van der Waals surface area contributed by atoms with Crippen LogP contribution in [0.1, 0.15) is 27.5 Å². The molecule has 0 fully saturated rings. The summed E-state index contributed by atoms with van der Waals surface area (Å²) in [6.07, 6.45) is 1.17. The molecule has 1 aromatic carbocycles. The number of hydrogen-bond acceptors (Lipinski definition) is 4. The molecule has 2 aromatic heterocycles. The summed E-state index contributed by atoms with van der Waals surface area (Å²) < 4.78 is 6.64. The van der Waals surface area contributed by atoms with Gasteiger partial charge in [-0.15, -0.1) is 0 Å². The number of hydrogen-bond donors (Lipinski definition) is 0. The number of para-hydroxylation sites is 1. The normalized spacial score (nSPS) is 10.8. The average Bonchev–Trinajstić information content (AvgIpc) is 3.07. The highest BCUT2D eigenvalue weighted by atomic mass is 16.3. The number of fused-ring (bicyclic) bond motifs is 1. The van der Waals surface area contributed by atoms with Crippen LogP contribution in [0, 0.1) is 0 Å². The van der Waals surface area contributed by atoms with E-state index < -0.39 is 0 Å². The van der Waals surface area contributed by atoms with Gasteiger partial charge in [0.2, 0.25) is 5.78 Å². The molecule has 5 heteroatoms. The fraction of sp³-hybridized carbons (Fsp3) is 0.133. The summed E-state index contributed by atoms with van der Waals surface area (Å²) in [6.45, 7) is 0. The first kappa shape index (κ1) is 12.3. The highest BCUT2D eigenvalue weighted by Crippen LogP contribution is 2.19. The van der Waals surface area contributed by atoms with Crippen molar-refractivity contribution in [1.82, 2.24) is 9.78 Å². The number of furan rings is 1. The van der Waals surface area contributed by atoms with Crippen molar-refractivity contribution in [2.24, 2.45) is 7.05 Å². The van der Waals surface area contributed by atoms with Crippen LogP contribution in [-0.2, 0) is 7.05 Å². The zero-order valence-corrected chi connectivity index (χ0v) is 10.9. The number of benzene rings is 1. The zero-order valence-electron chi connectivity index (χ0n) is 10.9. The Balaban J connectivity index is 1.92. The van der Waals surface area contributed by atoms with Gasteiger partial charge >= 0.3 is 0 Å². The van der Waals surface area contributed by atoms with E-state index in [9.17, 15) is 9.59 Å². The number of nitrogens with zero attached hydrogens (tertiary/aromatic N) is 2. The van der Waals surface area contributed by atoms with Crippen LogP contribution in [0.25, 0.3) is 10.9 Å². The van der Waals surface area contributed by atoms with Crippen LogP contribution in [0.15, 0.2) is 47.1 Å². The van der Waals surface area contributed by atoms with Crippen LogP contribution in [0.3, 0.4) is 0 Å². The van der Waals surface area contributed by atoms with Crippen LogP contribution in [-0.4, -0.2) is 21.3 Å². The maximum absolute atomic E-state index is 12.2. The lowest BCUT2D eigenvalue weighted by atomic mass is 10.1. The maximum atomic E-state index is 12.2. The second kappa shape index (κ2) is 4.77. The summed E-state index contributed by atoms with van der Waals surface area (Å²) in [7, 11) is 1.77. The Kier molecular flexibility index (Phi) is 2.95. The number of aryl methyl sites for hydroxylation is 1. The van der Waals surface area contributed by atoms with Crippen molar-refractivity contribution in [3.05, 3.63) is 54.1 Å². The Bertz CT molecular complexity index is 785. The standard InChI is InChI=1S/C15H12N2O3/c1-17-11-6-3-2-5-10(11)15(16-17)13(19)9-12(18)14-7-4-8-20-14/h2-8H,9H2,1H3. The van der Waals surface area contributed by atoms with E-state index in [1.807, 2.05) is 24.3 Å². The van der Waals surface area contributed by atoms with Crippen molar-refractivity contribution in [2.75, 3.05) is 0 Å². The highest BCUT2D eigenvalue weighted by Gasteiger charge is 2.20. The van der Waals surface area contributed by atoms with E-state index in [2.05, 4.69) is 5.10 Å². The minimum Gasteiger partial charge on any atom is -0.461 e. The van der Waals surface area contributed by atoms with Gasteiger partial charge in [-0.3, -0.25) is 14.3 Å². The first-order chi connectivity index (χ1) is 9.66. The van der Waals surface area contributed by atoms with Gasteiger partial charge in [-0.1, -0.05) is 18.2 Å². The largest absolute Gasteiger partial charge is 0.461 e. The van der Waals surface area contributed by atoms with Crippen molar-refractivity contribution >= 4 is 22.5 Å². The van der Waals surface area contributed by atoms with E-state index in [1.165, 1.54) is 6.26 Å². The molecule has 0 radical (unpaired) electrons. The van der Waals surface area contributed by atoms with Crippen LogP contribution < -0.4 is 0 Å². The average molecular weight is 268 g/mol. The predicted molar refractivity (Wildman–Crippen MR) is 72.7 cm³/mol. The van der Waals surface area contributed by atoms with Crippen molar-refractivity contribution in [3.63, 3.8) is 0 Å². The first-order valence-electron chi connectivity index (χ1n) is 6.18. The second-order valence-corrected chi connectivity index (χ2v) is 4.49. The molecule has 0 amide bonds. The van der Waals surface area contributed by atoms with Crippen molar-refractivity contribution in [2.45, 2.75) is 6.42 Å². The summed E-state index contributed by atoms with van der Waals surface area (Å²) in [5.74, 6) is -0.448. The summed E-state index contributed by atoms with van der Waals surface area (Å²) >= 11 is 0. The van der Waals surface area contributed by atoms with E-state index in [0.29, 0.717) is 5.69 Å². The van der Waals surface area contributed by atoms with Gasteiger partial charge in [-0.2, -0.15) is 5.10 Å². The summed E-state index contributed by atoms with van der Waals surface area (Å²) in [4.78, 5) is 24.1. The lowest BCUT2D eigenvalue weighted by Crippen LogP contribution is -2.09. The molecule has 0 N–H and O–H groups in total. The Labute approximate surface area is 114 Å². The van der Waals surface area contributed by atoms with Crippen LogP contribution in [0.5, 0.6) is 0 Å². The lowest BCUT2D eigenvalue weighted by Gasteiger charge is -1.96. The van der Waals surface area contributed by atoms with Crippen molar-refractivity contribution in [1.29, 1.82) is 0 Å². The summed E-state index contributed by atoms with van der Waals surface area (Å²) in [6, 6.07) is 10.6. The van der Waals surface area contributed by atoms with Gasteiger partial charge in [0.15, 0.2) is 11.5 Å². The second-order valence-electron chi connectivity index (χ2n) is 4.49. The van der Waals surface area contributed by atoms with Crippen molar-refractivity contribution in [3.8, 4) is 0 Å². The van der Waals surface area contributed by atoms with E-state index in [0.717, 1.165) is 10.9 Å². The van der Waals surface area contributed by atoms with E-state index >= 15 is 0 Å². The summed E-state index contributed by atoms with van der Waals surface area (Å²) in [5, 5.41) is 4.97. The zero-order chi connectivity index (χ0) is 14.1. The molecule has 5 nitrogen and oxygen atoms in total. The van der Waals surface area contributed by atoms with E-state index in [-0.39, 0.29) is 23.7 Å². The van der Waals surface area contributed by atoms with Crippen molar-refractivity contribution < 1.29 is 14.0 Å². The molecule has 0 aliphatic rings. The molecule has 0 spiro atoms. The fourth-order valence-corrected chi connectivity index (χ4v) is 2.17. The SMILES string of the molecule is Cn1nc(C(=O)CC(=O)c2ccco2)c2ccccc21. The third-order valence-corrected chi connectivity index (χ3v) is 3.14. The van der Waals surface area contributed by atoms with Crippen LogP contribution in [0.4, 0.5) is 0 Å². The van der Waals surface area contributed by atoms with Gasteiger partial charge in [0.1, 0.15) is 5.69 Å². The first-order valence-corrected chi connectivity index (χ1v) is 6.18. The molecular weight excluding hydrogens is 256 g/mol. The molecule has 2 heterocycles. The fourth-order valence-electron chi connectivity index (χ4n) is 2.17. The molecule has 0 saturated carbocycles. The topological polar surface area (TPSA) is 65.1 Å². The van der Waals surface area contributed by atoms with Gasteiger partial charge < -0.3 is 4.42 Å². The maximum Gasteiger partial charge on any atom is 0.205 e. The Morgan fingerprint density at radius 3 is 2.70 bits per heavy atom. The van der Waals surface area contributed by atoms with Gasteiger partial charge in [-0.05, 0) is 18.2 Å². The Hall–Kier alpha value is -2.69.